The Labute approximate surface area is 164 Å². The first-order valence-corrected chi connectivity index (χ1v) is 9.43. The van der Waals surface area contributed by atoms with Crippen molar-refractivity contribution in [1.82, 2.24) is 4.98 Å². The van der Waals surface area contributed by atoms with E-state index in [2.05, 4.69) is 22.0 Å². The van der Waals surface area contributed by atoms with Gasteiger partial charge in [0, 0.05) is 25.1 Å². The molecule has 1 N–H and O–H groups in total. The molecular weight excluding hydrogens is 356 g/mol. The summed E-state index contributed by atoms with van der Waals surface area (Å²) < 4.78 is 16.9. The molecule has 0 radical (unpaired) electrons. The summed E-state index contributed by atoms with van der Waals surface area (Å²) in [6, 6.07) is 17.5. The van der Waals surface area contributed by atoms with E-state index in [1.807, 2.05) is 42.5 Å². The molecule has 1 aliphatic heterocycles. The number of anilines is 1. The number of ether oxygens (including phenoxy) is 2. The minimum absolute atomic E-state index is 0.275. The fourth-order valence-corrected chi connectivity index (χ4v) is 3.42. The molecule has 4 rings (SSSR count). The molecule has 0 spiro atoms. The Morgan fingerprint density at radius 2 is 1.79 bits per heavy atom. The lowest BCUT2D eigenvalue weighted by molar-refractivity contribution is 0.119. The van der Waals surface area contributed by atoms with Crippen LogP contribution in [0.4, 0.5) is 5.88 Å². The van der Waals surface area contributed by atoms with Crippen LogP contribution in [0.15, 0.2) is 59.0 Å². The summed E-state index contributed by atoms with van der Waals surface area (Å²) in [4.78, 5) is 6.81. The third kappa shape index (κ3) is 3.88. The van der Waals surface area contributed by atoms with Crippen LogP contribution in [0.2, 0.25) is 0 Å². The number of morpholine rings is 1. The number of hydrogen-bond donors (Lipinski definition) is 1. The van der Waals surface area contributed by atoms with E-state index in [9.17, 15) is 5.11 Å². The summed E-state index contributed by atoms with van der Waals surface area (Å²) in [5.74, 6) is 1.58. The van der Waals surface area contributed by atoms with Crippen molar-refractivity contribution in [2.24, 2.45) is 0 Å². The van der Waals surface area contributed by atoms with Crippen LogP contribution in [0.25, 0.3) is 0 Å². The molecule has 28 heavy (non-hydrogen) atoms. The van der Waals surface area contributed by atoms with Crippen molar-refractivity contribution >= 4 is 5.88 Å². The molecule has 1 aliphatic rings. The molecule has 1 saturated heterocycles. The summed E-state index contributed by atoms with van der Waals surface area (Å²) in [5.41, 5.74) is 2.59. The molecule has 146 valence electrons. The number of methoxy groups -OCH3 is 1. The highest BCUT2D eigenvalue weighted by Gasteiger charge is 2.26. The number of aliphatic hydroxyl groups is 1. The van der Waals surface area contributed by atoms with E-state index in [-0.39, 0.29) is 5.89 Å². The number of para-hydroxylation sites is 1. The summed E-state index contributed by atoms with van der Waals surface area (Å²) >= 11 is 0. The fourth-order valence-electron chi connectivity index (χ4n) is 3.42. The highest BCUT2D eigenvalue weighted by Crippen LogP contribution is 2.34. The van der Waals surface area contributed by atoms with E-state index in [1.165, 1.54) is 0 Å². The summed E-state index contributed by atoms with van der Waals surface area (Å²) in [5, 5.41) is 10.9. The van der Waals surface area contributed by atoms with Crippen LogP contribution in [0, 0.1) is 0 Å². The van der Waals surface area contributed by atoms with E-state index in [0.717, 1.165) is 24.3 Å². The van der Waals surface area contributed by atoms with Gasteiger partial charge in [-0.15, -0.1) is 0 Å². The van der Waals surface area contributed by atoms with Crippen molar-refractivity contribution in [3.63, 3.8) is 0 Å². The molecule has 1 atom stereocenters. The summed E-state index contributed by atoms with van der Waals surface area (Å²) in [7, 11) is 1.58. The van der Waals surface area contributed by atoms with E-state index in [0.29, 0.717) is 36.8 Å². The van der Waals surface area contributed by atoms with Gasteiger partial charge in [0.1, 0.15) is 11.4 Å². The third-order valence-corrected chi connectivity index (χ3v) is 4.87. The van der Waals surface area contributed by atoms with Gasteiger partial charge >= 0.3 is 0 Å². The number of benzene rings is 2. The molecule has 0 unspecified atom stereocenters. The maximum Gasteiger partial charge on any atom is 0.230 e. The quantitative estimate of drug-likeness (QED) is 0.708. The topological polar surface area (TPSA) is 68.0 Å². The van der Waals surface area contributed by atoms with Gasteiger partial charge in [-0.2, -0.15) is 0 Å². The third-order valence-electron chi connectivity index (χ3n) is 4.87. The van der Waals surface area contributed by atoms with E-state index < -0.39 is 6.10 Å². The van der Waals surface area contributed by atoms with Crippen molar-refractivity contribution in [3.8, 4) is 5.75 Å². The molecule has 3 aromatic rings. The fraction of sp³-hybridized carbons (Fsp3) is 0.318. The highest BCUT2D eigenvalue weighted by molar-refractivity contribution is 5.45. The number of nitrogens with zero attached hydrogens (tertiary/aromatic N) is 2. The van der Waals surface area contributed by atoms with Gasteiger partial charge in [-0.1, -0.05) is 48.5 Å². The second-order valence-electron chi connectivity index (χ2n) is 6.71. The maximum atomic E-state index is 10.9. The normalized spacial score (nSPS) is 15.4. The van der Waals surface area contributed by atoms with Crippen LogP contribution in [-0.2, 0) is 11.2 Å². The molecule has 0 aliphatic carbocycles. The molecule has 6 nitrogen and oxygen atoms in total. The molecule has 6 heteroatoms. The van der Waals surface area contributed by atoms with Gasteiger partial charge in [0.05, 0.1) is 20.3 Å². The van der Waals surface area contributed by atoms with Crippen LogP contribution in [0.5, 0.6) is 5.75 Å². The SMILES string of the molecule is COc1ccccc1[C@H](O)c1nc(Cc2ccccc2)c(N2CCOCC2)o1. The van der Waals surface area contributed by atoms with Gasteiger partial charge in [0.25, 0.3) is 0 Å². The Morgan fingerprint density at radius 3 is 2.54 bits per heavy atom. The predicted octanol–water partition coefficient (Wildman–Crippen LogP) is 3.19. The maximum absolute atomic E-state index is 10.9. The Kier molecular flexibility index (Phi) is 5.60. The lowest BCUT2D eigenvalue weighted by Gasteiger charge is -2.26. The number of oxazole rings is 1. The first-order valence-electron chi connectivity index (χ1n) is 9.43. The van der Waals surface area contributed by atoms with Crippen molar-refractivity contribution in [2.45, 2.75) is 12.5 Å². The molecular formula is C22H24N2O4. The summed E-state index contributed by atoms with van der Waals surface area (Å²) in [6.45, 7) is 2.77. The molecule has 1 aromatic heterocycles. The first kappa shape index (κ1) is 18.5. The van der Waals surface area contributed by atoms with Crippen LogP contribution < -0.4 is 9.64 Å². The zero-order valence-corrected chi connectivity index (χ0v) is 15.9. The molecule has 2 aromatic carbocycles. The second-order valence-corrected chi connectivity index (χ2v) is 6.71. The number of hydrogen-bond acceptors (Lipinski definition) is 6. The number of aliphatic hydroxyl groups excluding tert-OH is 1. The average molecular weight is 380 g/mol. The highest BCUT2D eigenvalue weighted by atomic mass is 16.5. The lowest BCUT2D eigenvalue weighted by Crippen LogP contribution is -2.36. The van der Waals surface area contributed by atoms with Crippen LogP contribution in [0.1, 0.15) is 28.8 Å². The summed E-state index contributed by atoms with van der Waals surface area (Å²) in [6.07, 6.45) is -0.365. The van der Waals surface area contributed by atoms with Crippen molar-refractivity contribution < 1.29 is 19.0 Å². The van der Waals surface area contributed by atoms with E-state index >= 15 is 0 Å². The van der Waals surface area contributed by atoms with Gasteiger partial charge in [0.2, 0.25) is 11.8 Å². The monoisotopic (exact) mass is 380 g/mol. The Hall–Kier alpha value is -2.83. The molecule has 0 saturated carbocycles. The van der Waals surface area contributed by atoms with Crippen LogP contribution >= 0.6 is 0 Å². The number of aromatic nitrogens is 1. The minimum Gasteiger partial charge on any atom is -0.496 e. The van der Waals surface area contributed by atoms with Gasteiger partial charge in [-0.05, 0) is 11.6 Å². The standard InChI is InChI=1S/C22H24N2O4/c1-26-19-10-6-5-9-17(19)20(25)21-23-18(15-16-7-3-2-4-8-16)22(28-21)24-11-13-27-14-12-24/h2-10,20,25H,11-15H2,1H3/t20-/m0/s1. The van der Waals surface area contributed by atoms with Crippen molar-refractivity contribution in [1.29, 1.82) is 0 Å². The Bertz CT molecular complexity index is 904. The molecule has 0 bridgehead atoms. The molecule has 0 amide bonds. The van der Waals surface area contributed by atoms with Gasteiger partial charge in [-0.3, -0.25) is 0 Å². The second kappa shape index (κ2) is 8.46. The van der Waals surface area contributed by atoms with Gasteiger partial charge < -0.3 is 23.9 Å². The van der Waals surface area contributed by atoms with Crippen LogP contribution in [-0.4, -0.2) is 43.5 Å². The largest absolute Gasteiger partial charge is 0.496 e. The zero-order chi connectivity index (χ0) is 19.3. The Balaban J connectivity index is 1.69. The minimum atomic E-state index is -1.000. The number of rotatable bonds is 6. The smallest absolute Gasteiger partial charge is 0.230 e. The van der Waals surface area contributed by atoms with Crippen molar-refractivity contribution in [2.75, 3.05) is 38.3 Å². The van der Waals surface area contributed by atoms with Gasteiger partial charge in [0.15, 0.2) is 6.10 Å². The van der Waals surface area contributed by atoms with E-state index in [4.69, 9.17) is 13.9 Å². The average Bonchev–Trinajstić information content (AvgIpc) is 3.18. The zero-order valence-electron chi connectivity index (χ0n) is 15.9. The van der Waals surface area contributed by atoms with Crippen LogP contribution in [0.3, 0.4) is 0 Å². The molecule has 1 fully saturated rings. The van der Waals surface area contributed by atoms with Gasteiger partial charge in [-0.25, -0.2) is 4.98 Å². The molecule has 2 heterocycles. The Morgan fingerprint density at radius 1 is 1.07 bits per heavy atom. The van der Waals surface area contributed by atoms with Crippen molar-refractivity contribution in [3.05, 3.63) is 77.3 Å². The lowest BCUT2D eigenvalue weighted by atomic mass is 10.1. The predicted molar refractivity (Wildman–Crippen MR) is 106 cm³/mol. The first-order chi connectivity index (χ1) is 13.8. The van der Waals surface area contributed by atoms with E-state index in [1.54, 1.807) is 7.11 Å².